The van der Waals surface area contributed by atoms with E-state index in [2.05, 4.69) is 35.2 Å². The van der Waals surface area contributed by atoms with Crippen LogP contribution in [0.15, 0.2) is 36.4 Å². The third kappa shape index (κ3) is 4.13. The molecule has 0 aliphatic heterocycles. The Balaban J connectivity index is 0.00000240. The molecule has 0 aliphatic rings. The van der Waals surface area contributed by atoms with Gasteiger partial charge in [-0.3, -0.25) is 0 Å². The van der Waals surface area contributed by atoms with Crippen molar-refractivity contribution in [1.82, 2.24) is 19.8 Å². The number of fused-ring (bicyclic) bond motifs is 1. The van der Waals surface area contributed by atoms with Gasteiger partial charge in [0.1, 0.15) is 12.4 Å². The lowest BCUT2D eigenvalue weighted by Crippen LogP contribution is -1.98. The number of halogens is 1. The number of hydrogen-bond acceptors (Lipinski definition) is 7. The largest absolute Gasteiger partial charge is 0.493 e. The maximum absolute atomic E-state index is 5.89. The molecular weight excluding hydrogens is 412 g/mol. The van der Waals surface area contributed by atoms with E-state index in [1.807, 2.05) is 30.3 Å². The van der Waals surface area contributed by atoms with Gasteiger partial charge in [0.05, 0.1) is 14.2 Å². The van der Waals surface area contributed by atoms with Crippen LogP contribution in [0.5, 0.6) is 17.2 Å². The SMILES string of the molecule is COc1ccc(-c2nnc3sc(COc4ccc(C)c(C)c4)nn23)cc1OC.Cl. The summed E-state index contributed by atoms with van der Waals surface area (Å²) in [7, 11) is 3.21. The van der Waals surface area contributed by atoms with Crippen LogP contribution in [0.4, 0.5) is 0 Å². The molecule has 0 bridgehead atoms. The molecule has 0 unspecified atom stereocenters. The van der Waals surface area contributed by atoms with E-state index in [0.29, 0.717) is 28.9 Å². The Hall–Kier alpha value is -2.84. The molecule has 0 N–H and O–H groups in total. The lowest BCUT2D eigenvalue weighted by atomic mass is 10.1. The molecule has 29 heavy (non-hydrogen) atoms. The van der Waals surface area contributed by atoms with Crippen molar-refractivity contribution in [2.45, 2.75) is 20.5 Å². The fraction of sp³-hybridized carbons (Fsp3) is 0.250. The number of hydrogen-bond donors (Lipinski definition) is 0. The van der Waals surface area contributed by atoms with Crippen LogP contribution in [0, 0.1) is 13.8 Å². The summed E-state index contributed by atoms with van der Waals surface area (Å²) in [6.07, 6.45) is 0. The maximum atomic E-state index is 5.89. The highest BCUT2D eigenvalue weighted by molar-refractivity contribution is 7.16. The van der Waals surface area contributed by atoms with Crippen LogP contribution in [-0.4, -0.2) is 34.0 Å². The van der Waals surface area contributed by atoms with E-state index in [4.69, 9.17) is 14.2 Å². The van der Waals surface area contributed by atoms with Crippen LogP contribution >= 0.6 is 23.7 Å². The number of ether oxygens (including phenoxy) is 3. The van der Waals surface area contributed by atoms with E-state index in [-0.39, 0.29) is 12.4 Å². The number of nitrogens with zero attached hydrogens (tertiary/aromatic N) is 4. The van der Waals surface area contributed by atoms with E-state index in [1.54, 1.807) is 18.7 Å². The van der Waals surface area contributed by atoms with Crippen molar-refractivity contribution in [3.8, 4) is 28.6 Å². The summed E-state index contributed by atoms with van der Waals surface area (Å²) in [6.45, 7) is 4.53. The van der Waals surface area contributed by atoms with E-state index in [9.17, 15) is 0 Å². The van der Waals surface area contributed by atoms with Gasteiger partial charge in [-0.25, -0.2) is 0 Å². The quantitative estimate of drug-likeness (QED) is 0.447. The first-order valence-electron chi connectivity index (χ1n) is 8.72. The van der Waals surface area contributed by atoms with Crippen LogP contribution in [0.2, 0.25) is 0 Å². The van der Waals surface area contributed by atoms with E-state index in [0.717, 1.165) is 16.3 Å². The van der Waals surface area contributed by atoms with Crippen LogP contribution in [-0.2, 0) is 6.61 Å². The van der Waals surface area contributed by atoms with Gasteiger partial charge in [-0.2, -0.15) is 9.61 Å². The Morgan fingerprint density at radius 1 is 0.931 bits per heavy atom. The Morgan fingerprint density at radius 2 is 1.72 bits per heavy atom. The van der Waals surface area contributed by atoms with Crippen molar-refractivity contribution in [2.24, 2.45) is 0 Å². The molecule has 0 amide bonds. The average Bonchev–Trinajstić information content (AvgIpc) is 3.28. The average molecular weight is 433 g/mol. The third-order valence-electron chi connectivity index (χ3n) is 4.52. The number of rotatable bonds is 6. The molecule has 0 saturated heterocycles. The summed E-state index contributed by atoms with van der Waals surface area (Å²) in [4.78, 5) is 0.712. The summed E-state index contributed by atoms with van der Waals surface area (Å²) in [5.74, 6) is 2.76. The van der Waals surface area contributed by atoms with E-state index < -0.39 is 0 Å². The molecule has 0 aliphatic carbocycles. The first-order chi connectivity index (χ1) is 13.6. The standard InChI is InChI=1S/C20H20N4O3S.ClH/c1-12-5-7-15(9-13(12)2)27-11-18-23-24-19(21-22-20(24)28-18)14-6-8-16(25-3)17(10-14)26-4;/h5-10H,11H2,1-4H3;1H. The predicted octanol–water partition coefficient (Wildman–Crippen LogP) is 4.49. The molecule has 4 aromatic rings. The molecule has 2 aromatic carbocycles. The lowest BCUT2D eigenvalue weighted by Gasteiger charge is -2.08. The predicted molar refractivity (Wildman–Crippen MR) is 115 cm³/mol. The van der Waals surface area contributed by atoms with E-state index in [1.165, 1.54) is 22.5 Å². The molecule has 152 valence electrons. The molecule has 0 radical (unpaired) electrons. The van der Waals surface area contributed by atoms with Gasteiger partial charge in [-0.1, -0.05) is 17.4 Å². The van der Waals surface area contributed by atoms with Crippen molar-refractivity contribution in [2.75, 3.05) is 14.2 Å². The van der Waals surface area contributed by atoms with Crippen molar-refractivity contribution < 1.29 is 14.2 Å². The summed E-state index contributed by atoms with van der Waals surface area (Å²) in [6, 6.07) is 11.7. The van der Waals surface area contributed by atoms with Gasteiger partial charge < -0.3 is 14.2 Å². The minimum atomic E-state index is 0. The first kappa shape index (κ1) is 20.9. The van der Waals surface area contributed by atoms with Crippen molar-refractivity contribution in [1.29, 1.82) is 0 Å². The molecule has 0 atom stereocenters. The minimum absolute atomic E-state index is 0. The van der Waals surface area contributed by atoms with Crippen LogP contribution in [0.1, 0.15) is 16.1 Å². The Bertz CT molecular complexity index is 1140. The van der Waals surface area contributed by atoms with Crippen LogP contribution in [0.25, 0.3) is 16.3 Å². The normalized spacial score (nSPS) is 10.6. The molecule has 2 aromatic heterocycles. The summed E-state index contributed by atoms with van der Waals surface area (Å²) < 4.78 is 18.3. The van der Waals surface area contributed by atoms with Gasteiger partial charge in [0.2, 0.25) is 4.96 Å². The van der Waals surface area contributed by atoms with Gasteiger partial charge >= 0.3 is 0 Å². The van der Waals surface area contributed by atoms with Gasteiger partial charge in [-0.15, -0.1) is 22.6 Å². The molecule has 0 spiro atoms. The molecule has 4 rings (SSSR count). The monoisotopic (exact) mass is 432 g/mol. The zero-order valence-corrected chi connectivity index (χ0v) is 18.1. The zero-order chi connectivity index (χ0) is 19.7. The van der Waals surface area contributed by atoms with Gasteiger partial charge in [-0.05, 0) is 55.3 Å². The Morgan fingerprint density at radius 3 is 2.45 bits per heavy atom. The van der Waals surface area contributed by atoms with Crippen molar-refractivity contribution >= 4 is 28.7 Å². The minimum Gasteiger partial charge on any atom is -0.493 e. The summed E-state index contributed by atoms with van der Waals surface area (Å²) in [5.41, 5.74) is 3.29. The molecule has 2 heterocycles. The number of methoxy groups -OCH3 is 2. The fourth-order valence-corrected chi connectivity index (χ4v) is 3.57. The van der Waals surface area contributed by atoms with Gasteiger partial charge in [0.25, 0.3) is 0 Å². The molecule has 0 fully saturated rings. The lowest BCUT2D eigenvalue weighted by molar-refractivity contribution is 0.304. The Kier molecular flexibility index (Phi) is 6.24. The smallest absolute Gasteiger partial charge is 0.235 e. The van der Waals surface area contributed by atoms with Crippen molar-refractivity contribution in [3.63, 3.8) is 0 Å². The number of benzene rings is 2. The van der Waals surface area contributed by atoms with Gasteiger partial charge in [0, 0.05) is 5.56 Å². The topological polar surface area (TPSA) is 70.8 Å². The highest BCUT2D eigenvalue weighted by atomic mass is 35.5. The van der Waals surface area contributed by atoms with E-state index >= 15 is 0 Å². The summed E-state index contributed by atoms with van der Waals surface area (Å²) in [5, 5.41) is 13.9. The highest BCUT2D eigenvalue weighted by Crippen LogP contribution is 2.32. The fourth-order valence-electron chi connectivity index (χ4n) is 2.82. The first-order valence-corrected chi connectivity index (χ1v) is 9.54. The highest BCUT2D eigenvalue weighted by Gasteiger charge is 2.16. The van der Waals surface area contributed by atoms with Gasteiger partial charge in [0.15, 0.2) is 22.3 Å². The van der Waals surface area contributed by atoms with Crippen LogP contribution < -0.4 is 14.2 Å². The number of aromatic nitrogens is 4. The second-order valence-electron chi connectivity index (χ2n) is 6.32. The second-order valence-corrected chi connectivity index (χ2v) is 7.36. The molecular formula is C20H21ClN4O3S. The van der Waals surface area contributed by atoms with Crippen molar-refractivity contribution in [3.05, 3.63) is 52.5 Å². The second kappa shape index (κ2) is 8.67. The third-order valence-corrected chi connectivity index (χ3v) is 5.39. The maximum Gasteiger partial charge on any atom is 0.235 e. The molecule has 0 saturated carbocycles. The van der Waals surface area contributed by atoms with Crippen LogP contribution in [0.3, 0.4) is 0 Å². The Labute approximate surface area is 178 Å². The molecule has 7 nitrogen and oxygen atoms in total. The number of aryl methyl sites for hydroxylation is 2. The zero-order valence-electron chi connectivity index (χ0n) is 16.5. The summed E-state index contributed by atoms with van der Waals surface area (Å²) >= 11 is 1.45. The molecule has 9 heteroatoms.